The number of aromatic nitrogens is 1. The van der Waals surface area contributed by atoms with Crippen molar-refractivity contribution >= 4 is 11.3 Å². The summed E-state index contributed by atoms with van der Waals surface area (Å²) < 4.78 is 0. The normalized spacial score (nSPS) is 12.6. The molecule has 1 aromatic heterocycles. The van der Waals surface area contributed by atoms with Crippen LogP contribution >= 0.6 is 11.3 Å². The van der Waals surface area contributed by atoms with E-state index in [1.807, 2.05) is 18.4 Å². The summed E-state index contributed by atoms with van der Waals surface area (Å²) in [5, 5.41) is 4.53. The van der Waals surface area contributed by atoms with Crippen LogP contribution < -0.4 is 5.32 Å². The van der Waals surface area contributed by atoms with E-state index in [4.69, 9.17) is 0 Å². The predicted molar refractivity (Wildman–Crippen MR) is 78.4 cm³/mol. The van der Waals surface area contributed by atoms with E-state index in [0.717, 1.165) is 13.0 Å². The van der Waals surface area contributed by atoms with Crippen LogP contribution in [0.25, 0.3) is 0 Å². The SMILES string of the molecule is CNCC(Cc1nc(C)c(C)s1)c1ccccc1. The van der Waals surface area contributed by atoms with Gasteiger partial charge in [0.2, 0.25) is 0 Å². The van der Waals surface area contributed by atoms with Crippen molar-refractivity contribution in [3.05, 3.63) is 51.5 Å². The number of thiazole rings is 1. The van der Waals surface area contributed by atoms with Crippen molar-refractivity contribution < 1.29 is 0 Å². The summed E-state index contributed by atoms with van der Waals surface area (Å²) in [6.07, 6.45) is 1.02. The van der Waals surface area contributed by atoms with Crippen LogP contribution in [0.4, 0.5) is 0 Å². The maximum absolute atomic E-state index is 4.65. The number of benzene rings is 1. The van der Waals surface area contributed by atoms with E-state index < -0.39 is 0 Å². The van der Waals surface area contributed by atoms with Gasteiger partial charge < -0.3 is 5.32 Å². The summed E-state index contributed by atoms with van der Waals surface area (Å²) in [5.41, 5.74) is 2.56. The third-order valence-electron chi connectivity index (χ3n) is 3.22. The van der Waals surface area contributed by atoms with Gasteiger partial charge in [0.1, 0.15) is 0 Å². The highest BCUT2D eigenvalue weighted by molar-refractivity contribution is 7.11. The highest BCUT2D eigenvalue weighted by atomic mass is 32.1. The van der Waals surface area contributed by atoms with Crippen LogP contribution in [0.2, 0.25) is 0 Å². The Balaban J connectivity index is 2.16. The van der Waals surface area contributed by atoms with Crippen molar-refractivity contribution in [1.29, 1.82) is 0 Å². The molecule has 0 aliphatic heterocycles. The number of likely N-dealkylation sites (N-methyl/N-ethyl adjacent to an activating group) is 1. The molecule has 18 heavy (non-hydrogen) atoms. The monoisotopic (exact) mass is 260 g/mol. The molecule has 0 spiro atoms. The van der Waals surface area contributed by atoms with E-state index in [2.05, 4.69) is 54.5 Å². The van der Waals surface area contributed by atoms with Crippen LogP contribution in [0, 0.1) is 13.8 Å². The molecule has 1 N–H and O–H groups in total. The maximum atomic E-state index is 4.65. The van der Waals surface area contributed by atoms with Gasteiger partial charge in [-0.3, -0.25) is 0 Å². The lowest BCUT2D eigenvalue weighted by molar-refractivity contribution is 0.623. The Hall–Kier alpha value is -1.19. The van der Waals surface area contributed by atoms with Gasteiger partial charge in [0, 0.05) is 23.8 Å². The van der Waals surface area contributed by atoms with Gasteiger partial charge >= 0.3 is 0 Å². The van der Waals surface area contributed by atoms with E-state index in [0.29, 0.717) is 5.92 Å². The largest absolute Gasteiger partial charge is 0.319 e. The quantitative estimate of drug-likeness (QED) is 0.892. The first-order valence-corrected chi connectivity index (χ1v) is 7.14. The third kappa shape index (κ3) is 3.18. The first-order chi connectivity index (χ1) is 8.70. The third-order valence-corrected chi connectivity index (χ3v) is 4.31. The summed E-state index contributed by atoms with van der Waals surface area (Å²) in [6.45, 7) is 5.22. The zero-order chi connectivity index (χ0) is 13.0. The molecule has 1 atom stereocenters. The molecule has 0 saturated carbocycles. The zero-order valence-electron chi connectivity index (χ0n) is 11.2. The summed E-state index contributed by atoms with van der Waals surface area (Å²) in [7, 11) is 2.01. The smallest absolute Gasteiger partial charge is 0.0937 e. The van der Waals surface area contributed by atoms with Crippen LogP contribution in [0.15, 0.2) is 30.3 Å². The van der Waals surface area contributed by atoms with Crippen molar-refractivity contribution in [3.8, 4) is 0 Å². The maximum Gasteiger partial charge on any atom is 0.0937 e. The summed E-state index contributed by atoms with van der Waals surface area (Å²) in [4.78, 5) is 5.98. The Morgan fingerprint density at radius 1 is 1.22 bits per heavy atom. The Morgan fingerprint density at radius 2 is 1.94 bits per heavy atom. The zero-order valence-corrected chi connectivity index (χ0v) is 12.1. The van der Waals surface area contributed by atoms with Gasteiger partial charge in [0.05, 0.1) is 10.7 Å². The molecule has 0 fully saturated rings. The van der Waals surface area contributed by atoms with Gasteiger partial charge in [-0.1, -0.05) is 30.3 Å². The van der Waals surface area contributed by atoms with Gasteiger partial charge in [0.15, 0.2) is 0 Å². The topological polar surface area (TPSA) is 24.9 Å². The first kappa shape index (κ1) is 13.2. The molecule has 0 aliphatic rings. The number of aryl methyl sites for hydroxylation is 2. The molecule has 1 unspecified atom stereocenters. The second-order valence-electron chi connectivity index (χ2n) is 4.62. The second kappa shape index (κ2) is 6.12. The molecule has 0 bridgehead atoms. The van der Waals surface area contributed by atoms with Crippen LogP contribution in [-0.2, 0) is 6.42 Å². The lowest BCUT2D eigenvalue weighted by Crippen LogP contribution is -2.19. The first-order valence-electron chi connectivity index (χ1n) is 6.33. The van der Waals surface area contributed by atoms with Gasteiger partial charge in [-0.15, -0.1) is 11.3 Å². The molecular formula is C15H20N2S. The molecule has 96 valence electrons. The average Bonchev–Trinajstić information content (AvgIpc) is 2.69. The summed E-state index contributed by atoms with van der Waals surface area (Å²) in [6, 6.07) is 10.7. The van der Waals surface area contributed by atoms with Crippen LogP contribution in [0.3, 0.4) is 0 Å². The van der Waals surface area contributed by atoms with Crippen LogP contribution in [-0.4, -0.2) is 18.6 Å². The molecule has 1 heterocycles. The lowest BCUT2D eigenvalue weighted by Gasteiger charge is -2.15. The molecule has 2 rings (SSSR count). The minimum absolute atomic E-state index is 0.501. The van der Waals surface area contributed by atoms with Crippen molar-refractivity contribution in [2.75, 3.05) is 13.6 Å². The van der Waals surface area contributed by atoms with Gasteiger partial charge in [0.25, 0.3) is 0 Å². The lowest BCUT2D eigenvalue weighted by atomic mass is 9.96. The van der Waals surface area contributed by atoms with E-state index in [1.165, 1.54) is 21.1 Å². The van der Waals surface area contributed by atoms with E-state index in [1.54, 1.807) is 0 Å². The molecule has 1 aromatic carbocycles. The molecule has 0 saturated heterocycles. The molecule has 2 aromatic rings. The van der Waals surface area contributed by atoms with Gasteiger partial charge in [-0.2, -0.15) is 0 Å². The predicted octanol–water partition coefficient (Wildman–Crippen LogP) is 3.31. The van der Waals surface area contributed by atoms with Crippen molar-refractivity contribution in [2.45, 2.75) is 26.2 Å². The van der Waals surface area contributed by atoms with Crippen molar-refractivity contribution in [1.82, 2.24) is 10.3 Å². The Bertz CT molecular complexity index is 471. The number of rotatable bonds is 5. The highest BCUT2D eigenvalue weighted by Gasteiger charge is 2.14. The van der Waals surface area contributed by atoms with Crippen molar-refractivity contribution in [2.24, 2.45) is 0 Å². The minimum Gasteiger partial charge on any atom is -0.319 e. The average molecular weight is 260 g/mol. The molecule has 3 heteroatoms. The molecule has 0 amide bonds. The number of nitrogens with one attached hydrogen (secondary N) is 1. The Morgan fingerprint density at radius 3 is 2.50 bits per heavy atom. The van der Waals surface area contributed by atoms with Crippen LogP contribution in [0.5, 0.6) is 0 Å². The fraction of sp³-hybridized carbons (Fsp3) is 0.400. The second-order valence-corrected chi connectivity index (χ2v) is 5.91. The summed E-state index contributed by atoms with van der Waals surface area (Å²) in [5.74, 6) is 0.501. The van der Waals surface area contributed by atoms with Gasteiger partial charge in [-0.05, 0) is 26.5 Å². The molecular weight excluding hydrogens is 240 g/mol. The van der Waals surface area contributed by atoms with E-state index in [9.17, 15) is 0 Å². The molecule has 0 radical (unpaired) electrons. The van der Waals surface area contributed by atoms with Crippen LogP contribution in [0.1, 0.15) is 27.1 Å². The van der Waals surface area contributed by atoms with E-state index in [-0.39, 0.29) is 0 Å². The fourth-order valence-electron chi connectivity index (χ4n) is 2.12. The summed E-state index contributed by atoms with van der Waals surface area (Å²) >= 11 is 1.82. The standard InChI is InChI=1S/C15H20N2S/c1-11-12(2)18-15(17-11)9-14(10-16-3)13-7-5-4-6-8-13/h4-8,14,16H,9-10H2,1-3H3. The minimum atomic E-state index is 0.501. The number of hydrogen-bond acceptors (Lipinski definition) is 3. The number of nitrogens with zero attached hydrogens (tertiary/aromatic N) is 1. The fourth-order valence-corrected chi connectivity index (χ4v) is 3.13. The Kier molecular flexibility index (Phi) is 4.50. The molecule has 0 aliphatic carbocycles. The highest BCUT2D eigenvalue weighted by Crippen LogP contribution is 2.24. The van der Waals surface area contributed by atoms with Crippen molar-refractivity contribution in [3.63, 3.8) is 0 Å². The molecule has 2 nitrogen and oxygen atoms in total. The number of hydrogen-bond donors (Lipinski definition) is 1. The van der Waals surface area contributed by atoms with Gasteiger partial charge in [-0.25, -0.2) is 4.98 Å². The van der Waals surface area contributed by atoms with E-state index >= 15 is 0 Å². The Labute approximate surface area is 113 Å².